The Bertz CT molecular complexity index is 611. The molecule has 1 N–H and O–H groups in total. The summed E-state index contributed by atoms with van der Waals surface area (Å²) < 4.78 is 23.0. The lowest BCUT2D eigenvalue weighted by atomic mass is 10.2. The number of hydrogen-bond donors (Lipinski definition) is 1. The van der Waals surface area contributed by atoms with Gasteiger partial charge in [0.1, 0.15) is 11.6 Å². The van der Waals surface area contributed by atoms with Crippen LogP contribution >= 0.6 is 0 Å². The Balaban J connectivity index is 1.68. The molecule has 1 aromatic heterocycles. The van der Waals surface area contributed by atoms with Gasteiger partial charge in [-0.25, -0.2) is 4.39 Å². The number of nitrogens with one attached hydrogen (secondary N) is 1. The first-order valence-electron chi connectivity index (χ1n) is 7.02. The van der Waals surface area contributed by atoms with Gasteiger partial charge in [0, 0.05) is 18.9 Å². The molecule has 0 unspecified atom stereocenters. The van der Waals surface area contributed by atoms with Crippen LogP contribution in [0.4, 0.5) is 4.39 Å². The molecule has 7 heteroatoms. The van der Waals surface area contributed by atoms with Gasteiger partial charge in [-0.2, -0.15) is 4.98 Å². The molecule has 2 aromatic rings. The summed E-state index contributed by atoms with van der Waals surface area (Å²) in [6.45, 7) is 4.20. The summed E-state index contributed by atoms with van der Waals surface area (Å²) in [5, 5.41) is 6.53. The Hall–Kier alpha value is -2.44. The van der Waals surface area contributed by atoms with Crippen LogP contribution in [0.15, 0.2) is 28.8 Å². The lowest BCUT2D eigenvalue weighted by Crippen LogP contribution is -2.30. The number of carbonyl (C=O) groups excluding carboxylic acids is 1. The van der Waals surface area contributed by atoms with Crippen molar-refractivity contribution in [2.24, 2.45) is 0 Å². The fourth-order valence-electron chi connectivity index (χ4n) is 1.64. The molecule has 0 radical (unpaired) electrons. The number of ether oxygens (including phenoxy) is 1. The quantitative estimate of drug-likeness (QED) is 0.847. The Labute approximate surface area is 127 Å². The maximum atomic E-state index is 12.7. The van der Waals surface area contributed by atoms with Crippen LogP contribution in [-0.2, 0) is 11.2 Å². The van der Waals surface area contributed by atoms with Gasteiger partial charge in [0.2, 0.25) is 5.89 Å². The third-order valence-corrected chi connectivity index (χ3v) is 2.84. The maximum absolute atomic E-state index is 12.7. The van der Waals surface area contributed by atoms with Gasteiger partial charge in [-0.15, -0.1) is 0 Å². The van der Waals surface area contributed by atoms with Crippen molar-refractivity contribution in [3.8, 4) is 5.75 Å². The molecule has 0 saturated heterocycles. The summed E-state index contributed by atoms with van der Waals surface area (Å²) in [5.74, 6) is 1.17. The highest BCUT2D eigenvalue weighted by Crippen LogP contribution is 2.11. The van der Waals surface area contributed by atoms with Gasteiger partial charge in [-0.05, 0) is 24.3 Å². The molecule has 22 heavy (non-hydrogen) atoms. The van der Waals surface area contributed by atoms with Gasteiger partial charge >= 0.3 is 0 Å². The lowest BCUT2D eigenvalue weighted by Gasteiger charge is -2.06. The number of nitrogens with zero attached hydrogens (tertiary/aromatic N) is 2. The first kappa shape index (κ1) is 15.9. The molecule has 0 fully saturated rings. The van der Waals surface area contributed by atoms with Crippen LogP contribution in [0.25, 0.3) is 0 Å². The summed E-state index contributed by atoms with van der Waals surface area (Å²) in [6, 6.07) is 5.48. The number of halogens is 1. The summed E-state index contributed by atoms with van der Waals surface area (Å²) in [7, 11) is 0. The molecule has 0 aliphatic heterocycles. The molecule has 0 saturated carbocycles. The van der Waals surface area contributed by atoms with Crippen LogP contribution in [0, 0.1) is 5.82 Å². The maximum Gasteiger partial charge on any atom is 0.257 e. The molecule has 0 atom stereocenters. The largest absolute Gasteiger partial charge is 0.484 e. The molecule has 0 bridgehead atoms. The van der Waals surface area contributed by atoms with Crippen LogP contribution in [0.1, 0.15) is 31.5 Å². The minimum absolute atomic E-state index is 0.132. The smallest absolute Gasteiger partial charge is 0.257 e. The van der Waals surface area contributed by atoms with E-state index < -0.39 is 0 Å². The molecule has 0 spiro atoms. The number of carbonyl (C=O) groups is 1. The number of hydrogen-bond acceptors (Lipinski definition) is 5. The molecular weight excluding hydrogens is 289 g/mol. The van der Waals surface area contributed by atoms with Crippen LogP contribution in [0.2, 0.25) is 0 Å². The zero-order valence-electron chi connectivity index (χ0n) is 12.5. The molecular formula is C15H18FN3O3. The zero-order valence-corrected chi connectivity index (χ0v) is 12.5. The predicted octanol–water partition coefficient (Wildman–Crippen LogP) is 2.07. The van der Waals surface area contributed by atoms with Gasteiger partial charge in [0.05, 0.1) is 0 Å². The summed E-state index contributed by atoms with van der Waals surface area (Å²) in [4.78, 5) is 15.8. The highest BCUT2D eigenvalue weighted by Gasteiger charge is 2.10. The van der Waals surface area contributed by atoms with E-state index in [2.05, 4.69) is 15.5 Å². The highest BCUT2D eigenvalue weighted by atomic mass is 19.1. The van der Waals surface area contributed by atoms with Gasteiger partial charge in [-0.3, -0.25) is 4.79 Å². The van der Waals surface area contributed by atoms with Crippen molar-refractivity contribution < 1.29 is 18.4 Å². The average molecular weight is 307 g/mol. The monoisotopic (exact) mass is 307 g/mol. The molecule has 1 aromatic carbocycles. The van der Waals surface area contributed by atoms with Crippen molar-refractivity contribution in [2.45, 2.75) is 26.2 Å². The summed E-state index contributed by atoms with van der Waals surface area (Å²) >= 11 is 0. The van der Waals surface area contributed by atoms with Crippen LogP contribution in [0.5, 0.6) is 5.75 Å². The Morgan fingerprint density at radius 3 is 2.73 bits per heavy atom. The van der Waals surface area contributed by atoms with E-state index in [1.165, 1.54) is 24.3 Å². The predicted molar refractivity (Wildman–Crippen MR) is 77.0 cm³/mol. The van der Waals surface area contributed by atoms with Crippen LogP contribution in [-0.4, -0.2) is 29.2 Å². The zero-order chi connectivity index (χ0) is 15.9. The second-order valence-corrected chi connectivity index (χ2v) is 5.04. The van der Waals surface area contributed by atoms with E-state index in [9.17, 15) is 9.18 Å². The van der Waals surface area contributed by atoms with Gasteiger partial charge < -0.3 is 14.6 Å². The van der Waals surface area contributed by atoms with E-state index in [1.807, 2.05) is 13.8 Å². The second-order valence-electron chi connectivity index (χ2n) is 5.04. The van der Waals surface area contributed by atoms with E-state index in [0.717, 1.165) is 0 Å². The van der Waals surface area contributed by atoms with E-state index in [4.69, 9.17) is 9.26 Å². The Morgan fingerprint density at radius 1 is 1.36 bits per heavy atom. The van der Waals surface area contributed by atoms with Crippen molar-refractivity contribution in [3.05, 3.63) is 41.8 Å². The molecule has 1 heterocycles. The molecule has 0 aliphatic carbocycles. The number of rotatable bonds is 7. The van der Waals surface area contributed by atoms with Crippen molar-refractivity contribution in [2.75, 3.05) is 13.2 Å². The van der Waals surface area contributed by atoms with Crippen LogP contribution < -0.4 is 10.1 Å². The number of benzene rings is 1. The number of amides is 1. The molecule has 118 valence electrons. The van der Waals surface area contributed by atoms with E-state index in [0.29, 0.717) is 30.4 Å². The van der Waals surface area contributed by atoms with Crippen molar-refractivity contribution in [1.29, 1.82) is 0 Å². The van der Waals surface area contributed by atoms with Gasteiger partial charge in [-0.1, -0.05) is 19.0 Å². The SMILES string of the molecule is CC(C)c1noc(CCNC(=O)COc2ccc(F)cc2)n1. The van der Waals surface area contributed by atoms with Crippen molar-refractivity contribution >= 4 is 5.91 Å². The van der Waals surface area contributed by atoms with E-state index in [-0.39, 0.29) is 24.2 Å². The second kappa shape index (κ2) is 7.53. The highest BCUT2D eigenvalue weighted by molar-refractivity contribution is 5.77. The van der Waals surface area contributed by atoms with Gasteiger partial charge in [0.25, 0.3) is 5.91 Å². The van der Waals surface area contributed by atoms with Gasteiger partial charge in [0.15, 0.2) is 12.4 Å². The minimum Gasteiger partial charge on any atom is -0.484 e. The molecule has 1 amide bonds. The number of aromatic nitrogens is 2. The average Bonchev–Trinajstić information content (AvgIpc) is 2.96. The van der Waals surface area contributed by atoms with Crippen molar-refractivity contribution in [3.63, 3.8) is 0 Å². The standard InChI is InChI=1S/C15H18FN3O3/c1-10(2)15-18-14(22-19-15)7-8-17-13(20)9-21-12-5-3-11(16)4-6-12/h3-6,10H,7-9H2,1-2H3,(H,17,20). The Kier molecular flexibility index (Phi) is 5.46. The normalized spacial score (nSPS) is 10.7. The fraction of sp³-hybridized carbons (Fsp3) is 0.400. The first-order valence-corrected chi connectivity index (χ1v) is 7.02. The lowest BCUT2D eigenvalue weighted by molar-refractivity contribution is -0.123. The van der Waals surface area contributed by atoms with E-state index in [1.54, 1.807) is 0 Å². The summed E-state index contributed by atoms with van der Waals surface area (Å²) in [5.41, 5.74) is 0. The summed E-state index contributed by atoms with van der Waals surface area (Å²) in [6.07, 6.45) is 0.460. The molecule has 2 rings (SSSR count). The third kappa shape index (κ3) is 4.83. The Morgan fingerprint density at radius 2 is 2.09 bits per heavy atom. The fourth-order valence-corrected chi connectivity index (χ4v) is 1.64. The molecule has 6 nitrogen and oxygen atoms in total. The van der Waals surface area contributed by atoms with Crippen molar-refractivity contribution in [1.82, 2.24) is 15.5 Å². The third-order valence-electron chi connectivity index (χ3n) is 2.84. The first-order chi connectivity index (χ1) is 10.5. The topological polar surface area (TPSA) is 77.2 Å². The minimum atomic E-state index is -0.350. The van der Waals surface area contributed by atoms with Crippen LogP contribution in [0.3, 0.4) is 0 Å². The molecule has 0 aliphatic rings. The van der Waals surface area contributed by atoms with E-state index >= 15 is 0 Å².